The van der Waals surface area contributed by atoms with Crippen molar-refractivity contribution in [3.05, 3.63) is 70.5 Å². The number of hydrogen-bond acceptors (Lipinski definition) is 3. The van der Waals surface area contributed by atoms with Gasteiger partial charge in [-0.05, 0) is 35.4 Å². The van der Waals surface area contributed by atoms with Crippen LogP contribution in [0, 0.1) is 11.6 Å². The number of halogens is 3. The number of aliphatic hydroxyl groups is 1. The molecule has 0 bridgehead atoms. The van der Waals surface area contributed by atoms with E-state index in [2.05, 4.69) is 10.3 Å². The molecule has 0 radical (unpaired) electrons. The molecule has 4 nitrogen and oxygen atoms in total. The van der Waals surface area contributed by atoms with E-state index in [0.717, 1.165) is 12.3 Å². The predicted molar refractivity (Wildman–Crippen MR) is 82.6 cm³/mol. The van der Waals surface area contributed by atoms with Crippen LogP contribution in [0.4, 0.5) is 8.78 Å². The van der Waals surface area contributed by atoms with Gasteiger partial charge in [-0.3, -0.25) is 9.78 Å². The van der Waals surface area contributed by atoms with E-state index >= 15 is 0 Å². The summed E-state index contributed by atoms with van der Waals surface area (Å²) in [6.07, 6.45) is 3.96. The van der Waals surface area contributed by atoms with Crippen molar-refractivity contribution < 1.29 is 18.7 Å². The lowest BCUT2D eigenvalue weighted by atomic mass is 10.1. The van der Waals surface area contributed by atoms with Crippen LogP contribution in [0.15, 0.2) is 42.7 Å². The molecule has 0 aliphatic carbocycles. The Kier molecular flexibility index (Phi) is 5.78. The molecule has 2 aromatic rings. The van der Waals surface area contributed by atoms with E-state index in [9.17, 15) is 18.7 Å². The van der Waals surface area contributed by atoms with Crippen molar-refractivity contribution in [3.8, 4) is 0 Å². The van der Waals surface area contributed by atoms with Crippen LogP contribution in [-0.4, -0.2) is 22.5 Å². The molecule has 0 saturated heterocycles. The fourth-order valence-electron chi connectivity index (χ4n) is 1.79. The lowest BCUT2D eigenvalue weighted by Crippen LogP contribution is -2.26. The van der Waals surface area contributed by atoms with Gasteiger partial charge >= 0.3 is 0 Å². The van der Waals surface area contributed by atoms with Gasteiger partial charge in [-0.15, -0.1) is 0 Å². The average Bonchev–Trinajstić information content (AvgIpc) is 2.53. The maximum Gasteiger partial charge on any atom is 0.244 e. The topological polar surface area (TPSA) is 62.2 Å². The Morgan fingerprint density at radius 2 is 2.13 bits per heavy atom. The SMILES string of the molecule is O=C(/C=C/c1cncc(F)c1)NCC(O)c1ccc(Cl)c(F)c1. The summed E-state index contributed by atoms with van der Waals surface area (Å²) >= 11 is 5.56. The first-order valence-electron chi connectivity index (χ1n) is 6.65. The Hall–Kier alpha value is -2.31. The fourth-order valence-corrected chi connectivity index (χ4v) is 1.90. The van der Waals surface area contributed by atoms with Gasteiger partial charge in [-0.2, -0.15) is 0 Å². The quantitative estimate of drug-likeness (QED) is 0.824. The monoisotopic (exact) mass is 338 g/mol. The molecule has 0 spiro atoms. The minimum atomic E-state index is -1.07. The van der Waals surface area contributed by atoms with Gasteiger partial charge in [0.1, 0.15) is 11.6 Å². The summed E-state index contributed by atoms with van der Waals surface area (Å²) in [6.45, 7) is -0.106. The predicted octanol–water partition coefficient (Wildman–Crippen LogP) is 2.88. The summed E-state index contributed by atoms with van der Waals surface area (Å²) in [5, 5.41) is 12.3. The third-order valence-corrected chi connectivity index (χ3v) is 3.26. The van der Waals surface area contributed by atoms with Gasteiger partial charge in [-0.1, -0.05) is 17.7 Å². The van der Waals surface area contributed by atoms with Gasteiger partial charge in [-0.25, -0.2) is 8.78 Å². The summed E-state index contributed by atoms with van der Waals surface area (Å²) in [5.41, 5.74) is 0.728. The number of carbonyl (C=O) groups is 1. The highest BCUT2D eigenvalue weighted by molar-refractivity contribution is 6.30. The van der Waals surface area contributed by atoms with Crippen LogP contribution < -0.4 is 5.32 Å². The Bertz CT molecular complexity index is 738. The molecule has 1 heterocycles. The summed E-state index contributed by atoms with van der Waals surface area (Å²) < 4.78 is 26.2. The van der Waals surface area contributed by atoms with Crippen LogP contribution in [0.5, 0.6) is 0 Å². The number of pyridine rings is 1. The summed E-state index contributed by atoms with van der Waals surface area (Å²) in [4.78, 5) is 15.3. The number of nitrogens with zero attached hydrogens (tertiary/aromatic N) is 1. The molecule has 1 unspecified atom stereocenters. The number of aliphatic hydroxyl groups excluding tert-OH is 1. The molecule has 120 valence electrons. The molecule has 7 heteroatoms. The summed E-state index contributed by atoms with van der Waals surface area (Å²) in [5.74, 6) is -1.64. The minimum Gasteiger partial charge on any atom is -0.387 e. The Morgan fingerprint density at radius 1 is 1.35 bits per heavy atom. The molecule has 0 aliphatic heterocycles. The minimum absolute atomic E-state index is 0.0448. The van der Waals surface area contributed by atoms with Crippen LogP contribution in [0.1, 0.15) is 17.2 Å². The van der Waals surface area contributed by atoms with E-state index in [4.69, 9.17) is 11.6 Å². The van der Waals surface area contributed by atoms with E-state index in [-0.39, 0.29) is 11.6 Å². The molecule has 0 aliphatic rings. The molecule has 1 aromatic heterocycles. The highest BCUT2D eigenvalue weighted by Crippen LogP contribution is 2.19. The van der Waals surface area contributed by atoms with Gasteiger partial charge in [0.2, 0.25) is 5.91 Å². The molecule has 1 amide bonds. The number of aromatic nitrogens is 1. The second-order valence-corrected chi connectivity index (χ2v) is 5.11. The first-order chi connectivity index (χ1) is 11.0. The van der Waals surface area contributed by atoms with Gasteiger partial charge < -0.3 is 10.4 Å². The zero-order valence-electron chi connectivity index (χ0n) is 11.8. The number of carbonyl (C=O) groups excluding carboxylic acids is 1. The van der Waals surface area contributed by atoms with Crippen molar-refractivity contribution in [2.24, 2.45) is 0 Å². The summed E-state index contributed by atoms with van der Waals surface area (Å²) in [6, 6.07) is 5.13. The normalized spacial score (nSPS) is 12.3. The van der Waals surface area contributed by atoms with E-state index in [0.29, 0.717) is 11.1 Å². The summed E-state index contributed by atoms with van der Waals surface area (Å²) in [7, 11) is 0. The lowest BCUT2D eigenvalue weighted by Gasteiger charge is -2.11. The number of benzene rings is 1. The van der Waals surface area contributed by atoms with Crippen molar-refractivity contribution in [2.45, 2.75) is 6.10 Å². The first-order valence-corrected chi connectivity index (χ1v) is 7.03. The first kappa shape index (κ1) is 17.1. The molecular weight excluding hydrogens is 326 g/mol. The van der Waals surface area contributed by atoms with Crippen LogP contribution >= 0.6 is 11.6 Å². The van der Waals surface area contributed by atoms with Crippen molar-refractivity contribution in [3.63, 3.8) is 0 Å². The third-order valence-electron chi connectivity index (χ3n) is 2.95. The van der Waals surface area contributed by atoms with Crippen LogP contribution in [-0.2, 0) is 4.79 Å². The van der Waals surface area contributed by atoms with Gasteiger partial charge in [0, 0.05) is 18.8 Å². The molecule has 2 rings (SSSR count). The molecule has 1 atom stereocenters. The van der Waals surface area contributed by atoms with Crippen LogP contribution in [0.2, 0.25) is 5.02 Å². The van der Waals surface area contributed by atoms with E-state index in [1.165, 1.54) is 36.5 Å². The molecule has 1 aromatic carbocycles. The number of nitrogens with one attached hydrogen (secondary N) is 1. The van der Waals surface area contributed by atoms with Crippen molar-refractivity contribution in [2.75, 3.05) is 6.54 Å². The Morgan fingerprint density at radius 3 is 2.83 bits per heavy atom. The Balaban J connectivity index is 1.89. The van der Waals surface area contributed by atoms with E-state index in [1.54, 1.807) is 0 Å². The molecule has 0 saturated carbocycles. The zero-order valence-corrected chi connectivity index (χ0v) is 12.6. The van der Waals surface area contributed by atoms with E-state index < -0.39 is 23.6 Å². The fraction of sp³-hybridized carbons (Fsp3) is 0.125. The largest absolute Gasteiger partial charge is 0.387 e. The van der Waals surface area contributed by atoms with Crippen LogP contribution in [0.3, 0.4) is 0 Å². The smallest absolute Gasteiger partial charge is 0.244 e. The second kappa shape index (κ2) is 7.80. The number of hydrogen-bond donors (Lipinski definition) is 2. The molecule has 23 heavy (non-hydrogen) atoms. The standard InChI is InChI=1S/C16H13ClF2N2O2/c17-13-3-2-11(6-14(13)19)15(22)9-21-16(23)4-1-10-5-12(18)8-20-7-10/h1-8,15,22H,9H2,(H,21,23)/b4-1+. The second-order valence-electron chi connectivity index (χ2n) is 4.70. The molecular formula is C16H13ClF2N2O2. The van der Waals surface area contributed by atoms with Crippen LogP contribution in [0.25, 0.3) is 6.08 Å². The third kappa shape index (κ3) is 5.12. The van der Waals surface area contributed by atoms with Crippen molar-refractivity contribution in [1.82, 2.24) is 10.3 Å². The molecule has 0 fully saturated rings. The Labute approximate surface area is 136 Å². The van der Waals surface area contributed by atoms with Gasteiger partial charge in [0.25, 0.3) is 0 Å². The lowest BCUT2D eigenvalue weighted by molar-refractivity contribution is -0.116. The maximum absolute atomic E-state index is 13.3. The maximum atomic E-state index is 13.3. The zero-order chi connectivity index (χ0) is 16.8. The van der Waals surface area contributed by atoms with Gasteiger partial charge in [0.15, 0.2) is 0 Å². The van der Waals surface area contributed by atoms with Crippen molar-refractivity contribution >= 4 is 23.6 Å². The van der Waals surface area contributed by atoms with Gasteiger partial charge in [0.05, 0.1) is 17.3 Å². The molecule has 2 N–H and O–H groups in total. The highest BCUT2D eigenvalue weighted by atomic mass is 35.5. The highest BCUT2D eigenvalue weighted by Gasteiger charge is 2.11. The number of rotatable bonds is 5. The van der Waals surface area contributed by atoms with Crippen molar-refractivity contribution in [1.29, 1.82) is 0 Å². The van der Waals surface area contributed by atoms with E-state index in [1.807, 2.05) is 0 Å². The number of amides is 1. The average molecular weight is 339 g/mol.